The first-order valence-corrected chi connectivity index (χ1v) is 14.4. The lowest BCUT2D eigenvalue weighted by Gasteiger charge is -2.58. The molecule has 3 saturated carbocycles. The second-order valence-electron chi connectivity index (χ2n) is 12.9. The predicted octanol–water partition coefficient (Wildman–Crippen LogP) is 8.73. The number of fused-ring (bicyclic) bond motifs is 5. The van der Waals surface area contributed by atoms with Crippen molar-refractivity contribution >= 4 is 0 Å². The molecule has 4 aliphatic rings. The number of hydrogen-bond donors (Lipinski definition) is 1. The van der Waals surface area contributed by atoms with E-state index in [2.05, 4.69) is 52.8 Å². The molecule has 0 aromatic heterocycles. The van der Waals surface area contributed by atoms with E-state index in [1.165, 1.54) is 70.6 Å². The molecule has 4 rings (SSSR count). The van der Waals surface area contributed by atoms with Gasteiger partial charge in [0.25, 0.3) is 0 Å². The maximum Gasteiger partial charge on any atom is 0.0577 e. The third kappa shape index (κ3) is 4.42. The Morgan fingerprint density at radius 3 is 2.50 bits per heavy atom. The van der Waals surface area contributed by atoms with Gasteiger partial charge in [-0.2, -0.15) is 0 Å². The number of allylic oxidation sites excluding steroid dienone is 3. The van der Waals surface area contributed by atoms with Crippen molar-refractivity contribution in [3.63, 3.8) is 0 Å². The van der Waals surface area contributed by atoms with E-state index >= 15 is 0 Å². The summed E-state index contributed by atoms with van der Waals surface area (Å²) in [6.07, 6.45) is 24.6. The van der Waals surface area contributed by atoms with Gasteiger partial charge in [-0.15, -0.1) is 0 Å². The van der Waals surface area contributed by atoms with Crippen LogP contribution in [0.5, 0.6) is 0 Å². The first-order valence-electron chi connectivity index (χ1n) is 14.4. The molecular formula is C31H52O. The summed E-state index contributed by atoms with van der Waals surface area (Å²) in [5.74, 6) is 5.15. The van der Waals surface area contributed by atoms with Crippen LogP contribution in [0, 0.1) is 46.3 Å². The van der Waals surface area contributed by atoms with Gasteiger partial charge in [-0.25, -0.2) is 0 Å². The summed E-state index contributed by atoms with van der Waals surface area (Å²) in [7, 11) is 0. The Morgan fingerprint density at radius 2 is 1.78 bits per heavy atom. The van der Waals surface area contributed by atoms with Crippen molar-refractivity contribution in [3.8, 4) is 0 Å². The SMILES string of the molecule is CCCC(C/C=C/[C@@H](C)[C@H]1CC[C@H]2[C@@H]3CC=C4C[C@@H](O)CC[C@]4(C)[C@H]3CC[C@]12C)CCC. The standard InChI is InChI=1S/C31H52O/c1-6-9-23(10-7-2)12-8-11-22(3)27-15-16-28-26-14-13-24-21-25(32)17-19-30(24,4)29(26)18-20-31(27,28)5/h8,11,13,22-23,25-29,32H,6-7,9-10,12,14-21H2,1-5H3/b11-8+/t22-,25+,26+,27-,28+,29+,30+,31-/m1/s1. The minimum Gasteiger partial charge on any atom is -0.393 e. The summed E-state index contributed by atoms with van der Waals surface area (Å²) in [6.45, 7) is 12.4. The zero-order valence-electron chi connectivity index (χ0n) is 21.9. The van der Waals surface area contributed by atoms with Gasteiger partial charge in [0.05, 0.1) is 6.10 Å². The van der Waals surface area contributed by atoms with E-state index in [0.29, 0.717) is 10.8 Å². The molecule has 0 bridgehead atoms. The number of rotatable bonds is 8. The molecule has 0 aliphatic heterocycles. The summed E-state index contributed by atoms with van der Waals surface area (Å²) in [6, 6.07) is 0. The zero-order chi connectivity index (χ0) is 22.9. The molecule has 0 aromatic carbocycles. The lowest BCUT2D eigenvalue weighted by molar-refractivity contribution is -0.0540. The molecule has 1 nitrogen and oxygen atoms in total. The van der Waals surface area contributed by atoms with Gasteiger partial charge in [0.2, 0.25) is 0 Å². The second kappa shape index (κ2) is 9.97. The predicted molar refractivity (Wildman–Crippen MR) is 137 cm³/mol. The molecule has 32 heavy (non-hydrogen) atoms. The summed E-state index contributed by atoms with van der Waals surface area (Å²) in [5.41, 5.74) is 2.52. The van der Waals surface area contributed by atoms with Crippen LogP contribution in [0.4, 0.5) is 0 Å². The average Bonchev–Trinajstić information content (AvgIpc) is 3.12. The van der Waals surface area contributed by atoms with Crippen LogP contribution in [-0.2, 0) is 0 Å². The van der Waals surface area contributed by atoms with Gasteiger partial charge in [-0.05, 0) is 104 Å². The molecule has 0 aromatic rings. The molecule has 0 radical (unpaired) electrons. The van der Waals surface area contributed by atoms with Gasteiger partial charge in [-0.3, -0.25) is 0 Å². The Kier molecular flexibility index (Phi) is 7.65. The molecule has 0 saturated heterocycles. The average molecular weight is 441 g/mol. The van der Waals surface area contributed by atoms with Crippen LogP contribution in [0.3, 0.4) is 0 Å². The highest BCUT2D eigenvalue weighted by Gasteiger charge is 2.58. The van der Waals surface area contributed by atoms with E-state index in [0.717, 1.165) is 48.3 Å². The fraction of sp³-hybridized carbons (Fsp3) is 0.871. The molecule has 8 atom stereocenters. The van der Waals surface area contributed by atoms with Gasteiger partial charge in [0.15, 0.2) is 0 Å². The van der Waals surface area contributed by atoms with Crippen LogP contribution in [0.2, 0.25) is 0 Å². The third-order valence-electron chi connectivity index (χ3n) is 11.1. The first-order chi connectivity index (χ1) is 15.3. The highest BCUT2D eigenvalue weighted by molar-refractivity contribution is 5.25. The summed E-state index contributed by atoms with van der Waals surface area (Å²) < 4.78 is 0. The molecule has 4 aliphatic carbocycles. The largest absolute Gasteiger partial charge is 0.393 e. The van der Waals surface area contributed by atoms with Crippen molar-refractivity contribution in [2.75, 3.05) is 0 Å². The van der Waals surface area contributed by atoms with Gasteiger partial charge in [0, 0.05) is 0 Å². The first kappa shape index (κ1) is 24.6. The normalized spacial score (nSPS) is 42.5. The molecule has 1 heteroatoms. The number of hydrogen-bond acceptors (Lipinski definition) is 1. The van der Waals surface area contributed by atoms with Crippen molar-refractivity contribution < 1.29 is 5.11 Å². The Labute approximate surface area is 199 Å². The summed E-state index contributed by atoms with van der Waals surface area (Å²) in [5, 5.41) is 10.3. The van der Waals surface area contributed by atoms with Gasteiger partial charge >= 0.3 is 0 Å². The van der Waals surface area contributed by atoms with Crippen molar-refractivity contribution in [2.24, 2.45) is 46.3 Å². The van der Waals surface area contributed by atoms with E-state index in [-0.39, 0.29) is 6.10 Å². The maximum absolute atomic E-state index is 10.3. The fourth-order valence-electron chi connectivity index (χ4n) is 9.36. The Morgan fingerprint density at radius 1 is 1.03 bits per heavy atom. The van der Waals surface area contributed by atoms with E-state index in [4.69, 9.17) is 0 Å². The van der Waals surface area contributed by atoms with E-state index in [1.54, 1.807) is 5.57 Å². The second-order valence-corrected chi connectivity index (χ2v) is 12.9. The molecule has 0 heterocycles. The molecule has 0 spiro atoms. The summed E-state index contributed by atoms with van der Waals surface area (Å²) in [4.78, 5) is 0. The molecule has 0 unspecified atom stereocenters. The minimum atomic E-state index is -0.0857. The topological polar surface area (TPSA) is 20.2 Å². The quantitative estimate of drug-likeness (QED) is 0.374. The zero-order valence-corrected chi connectivity index (χ0v) is 21.9. The van der Waals surface area contributed by atoms with Crippen LogP contribution in [0.15, 0.2) is 23.8 Å². The lowest BCUT2D eigenvalue weighted by Crippen LogP contribution is -2.50. The maximum atomic E-state index is 10.3. The molecular weight excluding hydrogens is 388 g/mol. The molecule has 182 valence electrons. The number of aliphatic hydroxyl groups excluding tert-OH is 1. The Bertz CT molecular complexity index is 685. The molecule has 1 N–H and O–H groups in total. The van der Waals surface area contributed by atoms with Crippen molar-refractivity contribution in [1.82, 2.24) is 0 Å². The monoisotopic (exact) mass is 440 g/mol. The highest BCUT2D eigenvalue weighted by Crippen LogP contribution is 2.67. The Balaban J connectivity index is 1.44. The van der Waals surface area contributed by atoms with E-state index in [1.807, 2.05) is 0 Å². The third-order valence-corrected chi connectivity index (χ3v) is 11.1. The fourth-order valence-corrected chi connectivity index (χ4v) is 9.36. The smallest absolute Gasteiger partial charge is 0.0577 e. The van der Waals surface area contributed by atoms with Gasteiger partial charge in [-0.1, -0.05) is 84.1 Å². The lowest BCUT2D eigenvalue weighted by atomic mass is 9.47. The van der Waals surface area contributed by atoms with Crippen LogP contribution in [0.25, 0.3) is 0 Å². The van der Waals surface area contributed by atoms with Crippen LogP contribution in [0.1, 0.15) is 118 Å². The highest BCUT2D eigenvalue weighted by atomic mass is 16.3. The van der Waals surface area contributed by atoms with Crippen LogP contribution < -0.4 is 0 Å². The van der Waals surface area contributed by atoms with Crippen molar-refractivity contribution in [3.05, 3.63) is 23.8 Å². The van der Waals surface area contributed by atoms with E-state index in [9.17, 15) is 5.11 Å². The van der Waals surface area contributed by atoms with Crippen molar-refractivity contribution in [1.29, 1.82) is 0 Å². The minimum absolute atomic E-state index is 0.0857. The van der Waals surface area contributed by atoms with Crippen molar-refractivity contribution in [2.45, 2.75) is 124 Å². The molecule has 3 fully saturated rings. The van der Waals surface area contributed by atoms with Crippen LogP contribution >= 0.6 is 0 Å². The Hall–Kier alpha value is -0.560. The van der Waals surface area contributed by atoms with E-state index < -0.39 is 0 Å². The van der Waals surface area contributed by atoms with Crippen LogP contribution in [-0.4, -0.2) is 11.2 Å². The van der Waals surface area contributed by atoms with Gasteiger partial charge in [0.1, 0.15) is 0 Å². The summed E-state index contributed by atoms with van der Waals surface area (Å²) >= 11 is 0. The van der Waals surface area contributed by atoms with Gasteiger partial charge < -0.3 is 5.11 Å². The number of aliphatic hydroxyl groups is 1. The molecule has 0 amide bonds.